The molecule has 0 heterocycles. The Morgan fingerprint density at radius 1 is 0.704 bits per heavy atom. The monoisotopic (exact) mass is 375 g/mol. The summed E-state index contributed by atoms with van der Waals surface area (Å²) in [7, 11) is 0. The Kier molecular flexibility index (Phi) is 24.2. The molecule has 1 unspecified atom stereocenters. The third-order valence-electron chi connectivity index (χ3n) is 5.41. The van der Waals surface area contributed by atoms with E-state index in [4.69, 9.17) is 0 Å². The van der Waals surface area contributed by atoms with Gasteiger partial charge in [-0.25, -0.2) is 0 Å². The van der Waals surface area contributed by atoms with E-state index in [2.05, 4.69) is 25.7 Å². The van der Waals surface area contributed by atoms with Crippen LogP contribution < -0.4 is 24.0 Å². The van der Waals surface area contributed by atoms with Gasteiger partial charge in [0, 0.05) is 18.4 Å². The first-order valence-electron chi connectivity index (χ1n) is 11.6. The van der Waals surface area contributed by atoms with Crippen LogP contribution in [0.4, 0.5) is 0 Å². The Balaban J connectivity index is 0. The van der Waals surface area contributed by atoms with E-state index in [1.165, 1.54) is 77.0 Å². The number of carboxylic acids is 1. The van der Waals surface area contributed by atoms with Crippen LogP contribution in [0.5, 0.6) is 0 Å². The van der Waals surface area contributed by atoms with E-state index in [-0.39, 0.29) is 31.3 Å². The first kappa shape index (κ1) is 29.2. The van der Waals surface area contributed by atoms with Gasteiger partial charge in [-0.2, -0.15) is 0 Å². The van der Waals surface area contributed by atoms with Gasteiger partial charge in [0.2, 0.25) is 0 Å². The second-order valence-corrected chi connectivity index (χ2v) is 7.94. The number of rotatable bonds is 20. The zero-order valence-electron chi connectivity index (χ0n) is 19.1. The molecule has 0 saturated carbocycles. The number of nitrogens with zero attached hydrogens (tertiary/aromatic N) is 1. The zero-order chi connectivity index (χ0) is 19.5. The molecule has 0 aromatic heterocycles. The van der Waals surface area contributed by atoms with Crippen molar-refractivity contribution in [3.63, 3.8) is 0 Å². The molecular formula is C23H46LiNO2. The van der Waals surface area contributed by atoms with E-state index in [1.807, 2.05) is 0 Å². The molecule has 0 fully saturated rings. The second kappa shape index (κ2) is 22.3. The molecular weight excluding hydrogens is 329 g/mol. The minimum Gasteiger partial charge on any atom is -0.550 e. The molecule has 0 amide bonds. The van der Waals surface area contributed by atoms with Crippen molar-refractivity contribution in [1.29, 1.82) is 0 Å². The first-order valence-corrected chi connectivity index (χ1v) is 11.6. The van der Waals surface area contributed by atoms with Crippen LogP contribution in [-0.2, 0) is 4.79 Å². The fraction of sp³-hybridized carbons (Fsp3) is 0.957. The van der Waals surface area contributed by atoms with Crippen molar-refractivity contribution in [3.8, 4) is 0 Å². The van der Waals surface area contributed by atoms with Crippen LogP contribution in [0.1, 0.15) is 124 Å². The maximum Gasteiger partial charge on any atom is 1.00 e. The van der Waals surface area contributed by atoms with E-state index < -0.39 is 5.97 Å². The van der Waals surface area contributed by atoms with E-state index in [0.717, 1.165) is 32.4 Å². The van der Waals surface area contributed by atoms with Crippen molar-refractivity contribution in [2.24, 2.45) is 0 Å². The van der Waals surface area contributed by atoms with E-state index in [9.17, 15) is 9.90 Å². The molecule has 0 bridgehead atoms. The minimum atomic E-state index is -0.887. The third kappa shape index (κ3) is 19.1. The van der Waals surface area contributed by atoms with Gasteiger partial charge in [0.15, 0.2) is 0 Å². The van der Waals surface area contributed by atoms with Gasteiger partial charge in [-0.15, -0.1) is 0 Å². The van der Waals surface area contributed by atoms with E-state index >= 15 is 0 Å². The van der Waals surface area contributed by atoms with Crippen LogP contribution in [0, 0.1) is 0 Å². The van der Waals surface area contributed by atoms with Gasteiger partial charge in [0.25, 0.3) is 0 Å². The van der Waals surface area contributed by atoms with Crippen LogP contribution in [0.3, 0.4) is 0 Å². The SMILES string of the molecule is CCCCCCCCN(CCCCCCCC)C(CCCC)CC(=O)[O-].[Li+]. The fourth-order valence-electron chi connectivity index (χ4n) is 3.71. The largest absolute Gasteiger partial charge is 1.00 e. The Morgan fingerprint density at radius 3 is 1.52 bits per heavy atom. The number of hydrogen-bond acceptors (Lipinski definition) is 3. The van der Waals surface area contributed by atoms with Crippen molar-refractivity contribution in [2.45, 2.75) is 130 Å². The summed E-state index contributed by atoms with van der Waals surface area (Å²) in [6.07, 6.45) is 19.0. The average Bonchev–Trinajstić information content (AvgIpc) is 2.62. The molecule has 0 N–H and O–H groups in total. The topological polar surface area (TPSA) is 43.4 Å². The van der Waals surface area contributed by atoms with Gasteiger partial charge < -0.3 is 14.8 Å². The van der Waals surface area contributed by atoms with Gasteiger partial charge in [-0.3, -0.25) is 0 Å². The fourth-order valence-corrected chi connectivity index (χ4v) is 3.71. The summed E-state index contributed by atoms with van der Waals surface area (Å²) in [4.78, 5) is 13.7. The van der Waals surface area contributed by atoms with Crippen LogP contribution in [0.15, 0.2) is 0 Å². The summed E-state index contributed by atoms with van der Waals surface area (Å²) in [5.74, 6) is -0.887. The van der Waals surface area contributed by atoms with Crippen molar-refractivity contribution in [3.05, 3.63) is 0 Å². The molecule has 27 heavy (non-hydrogen) atoms. The molecule has 0 rings (SSSR count). The average molecular weight is 376 g/mol. The number of carboxylic acid groups (broad SMARTS) is 1. The van der Waals surface area contributed by atoms with E-state index in [1.54, 1.807) is 0 Å². The number of aliphatic carboxylic acids is 1. The summed E-state index contributed by atoms with van der Waals surface area (Å²) in [5, 5.41) is 11.2. The predicted octanol–water partition coefficient (Wildman–Crippen LogP) is 2.71. The quantitative estimate of drug-likeness (QED) is 0.243. The molecule has 0 aliphatic rings. The maximum atomic E-state index is 11.2. The number of unbranched alkanes of at least 4 members (excludes halogenated alkanes) is 11. The molecule has 0 aromatic rings. The van der Waals surface area contributed by atoms with Gasteiger partial charge in [0.05, 0.1) is 0 Å². The van der Waals surface area contributed by atoms with Gasteiger partial charge in [-0.05, 0) is 32.4 Å². The molecule has 0 spiro atoms. The molecule has 0 aromatic carbocycles. The summed E-state index contributed by atoms with van der Waals surface area (Å²) >= 11 is 0. The summed E-state index contributed by atoms with van der Waals surface area (Å²) in [6, 6.07) is 0.172. The normalized spacial score (nSPS) is 12.1. The molecule has 156 valence electrons. The summed E-state index contributed by atoms with van der Waals surface area (Å²) in [5.41, 5.74) is 0. The molecule has 0 aliphatic carbocycles. The smallest absolute Gasteiger partial charge is 0.550 e. The molecule has 3 nitrogen and oxygen atoms in total. The van der Waals surface area contributed by atoms with Crippen LogP contribution in [0.25, 0.3) is 0 Å². The van der Waals surface area contributed by atoms with Crippen molar-refractivity contribution < 1.29 is 28.8 Å². The minimum absolute atomic E-state index is 0. The van der Waals surface area contributed by atoms with Crippen molar-refractivity contribution in [2.75, 3.05) is 13.1 Å². The van der Waals surface area contributed by atoms with Crippen LogP contribution in [-0.4, -0.2) is 30.0 Å². The molecule has 0 aliphatic heterocycles. The van der Waals surface area contributed by atoms with E-state index in [0.29, 0.717) is 0 Å². The Labute approximate surface area is 182 Å². The standard InChI is InChI=1S/C23H47NO2.Li/c1-4-7-10-12-14-16-19-24(20-17-15-13-11-8-5-2)22(18-9-6-3)21-23(25)26;/h22H,4-21H2,1-3H3,(H,25,26);/q;+1/p-1. The number of carbonyl (C=O) groups excluding carboxylic acids is 1. The Morgan fingerprint density at radius 2 is 1.11 bits per heavy atom. The van der Waals surface area contributed by atoms with Crippen molar-refractivity contribution >= 4 is 5.97 Å². The maximum absolute atomic E-state index is 11.2. The number of hydrogen-bond donors (Lipinski definition) is 0. The predicted molar refractivity (Wildman–Crippen MR) is 111 cm³/mol. The summed E-state index contributed by atoms with van der Waals surface area (Å²) < 4.78 is 0. The zero-order valence-corrected chi connectivity index (χ0v) is 19.1. The van der Waals surface area contributed by atoms with Crippen molar-refractivity contribution in [1.82, 2.24) is 4.90 Å². The third-order valence-corrected chi connectivity index (χ3v) is 5.41. The van der Waals surface area contributed by atoms with Gasteiger partial charge >= 0.3 is 18.9 Å². The number of carbonyl (C=O) groups is 1. The Hall–Kier alpha value is 0.0274. The molecule has 4 heteroatoms. The van der Waals surface area contributed by atoms with Gasteiger partial charge in [-0.1, -0.05) is 97.8 Å². The first-order chi connectivity index (χ1) is 12.7. The molecule has 0 radical (unpaired) electrons. The Bertz CT molecular complexity index is 297. The van der Waals surface area contributed by atoms with Crippen LogP contribution >= 0.6 is 0 Å². The second-order valence-electron chi connectivity index (χ2n) is 7.94. The molecule has 0 saturated heterocycles. The molecule has 1 atom stereocenters. The van der Waals surface area contributed by atoms with Crippen LogP contribution in [0.2, 0.25) is 0 Å². The van der Waals surface area contributed by atoms with Gasteiger partial charge in [0.1, 0.15) is 0 Å². The summed E-state index contributed by atoms with van der Waals surface area (Å²) in [6.45, 7) is 8.80.